The number of rotatable bonds is 5. The number of aryl methyl sites for hydroxylation is 1. The van der Waals surface area contributed by atoms with Gasteiger partial charge in [0, 0.05) is 4.47 Å². The minimum Gasteiger partial charge on any atom is -0.325 e. The van der Waals surface area contributed by atoms with Gasteiger partial charge in [-0.25, -0.2) is 0 Å². The summed E-state index contributed by atoms with van der Waals surface area (Å²) >= 11 is 5.00. The van der Waals surface area contributed by atoms with Gasteiger partial charge >= 0.3 is 0 Å². The van der Waals surface area contributed by atoms with E-state index in [0.29, 0.717) is 10.0 Å². The van der Waals surface area contributed by atoms with Crippen LogP contribution < -0.4 is 15.8 Å². The first-order valence-electron chi connectivity index (χ1n) is 7.15. The Morgan fingerprint density at radius 3 is 2.61 bits per heavy atom. The van der Waals surface area contributed by atoms with Gasteiger partial charge in [-0.15, -0.1) is 11.3 Å². The number of benzene rings is 1. The molecule has 2 aromatic rings. The molecule has 122 valence electrons. The number of likely N-dealkylation sites (N-methyl/N-ethyl adjacent to an activating group) is 1. The van der Waals surface area contributed by atoms with E-state index in [9.17, 15) is 9.59 Å². The lowest BCUT2D eigenvalue weighted by Gasteiger charge is -2.14. The second kappa shape index (κ2) is 8.24. The molecule has 3 N–H and O–H groups in total. The maximum Gasteiger partial charge on any atom is 0.293 e. The summed E-state index contributed by atoms with van der Waals surface area (Å²) in [6.07, 6.45) is 0. The minimum absolute atomic E-state index is 0.225. The van der Waals surface area contributed by atoms with Crippen molar-refractivity contribution < 1.29 is 14.5 Å². The highest BCUT2D eigenvalue weighted by Gasteiger charge is 2.14. The standard InChI is InChI=1S/C16H18BrN3O2S/c1-11-7-8-23-14(11)9-20(2)10-15(21)18-19-16(22)12-5-3-4-6-13(12)17/h3-8H,9-10H2,1-2H3,(H,18,21)(H,19,22)/p+1. The molecular formula is C16H19BrN3O2S+. The molecule has 1 heterocycles. The van der Waals surface area contributed by atoms with Crippen molar-refractivity contribution in [2.75, 3.05) is 13.6 Å². The number of halogens is 1. The normalized spacial score (nSPS) is 11.8. The summed E-state index contributed by atoms with van der Waals surface area (Å²) in [6, 6.07) is 9.12. The molecule has 1 aromatic carbocycles. The third kappa shape index (κ3) is 5.16. The molecule has 0 spiro atoms. The van der Waals surface area contributed by atoms with Gasteiger partial charge in [-0.05, 0) is 52.0 Å². The lowest BCUT2D eigenvalue weighted by Crippen LogP contribution is -3.09. The molecule has 2 amide bonds. The van der Waals surface area contributed by atoms with Crippen LogP contribution in [0.25, 0.3) is 0 Å². The Morgan fingerprint density at radius 1 is 1.22 bits per heavy atom. The molecule has 2 rings (SSSR count). The number of quaternary nitrogens is 1. The predicted octanol–water partition coefficient (Wildman–Crippen LogP) is 1.29. The maximum absolute atomic E-state index is 12.0. The van der Waals surface area contributed by atoms with E-state index in [-0.39, 0.29) is 18.4 Å². The third-order valence-electron chi connectivity index (χ3n) is 3.33. The molecule has 0 aliphatic rings. The van der Waals surface area contributed by atoms with Crippen molar-refractivity contribution in [3.63, 3.8) is 0 Å². The average molecular weight is 397 g/mol. The number of nitrogens with one attached hydrogen (secondary N) is 3. The molecule has 0 saturated heterocycles. The molecule has 0 fully saturated rings. The van der Waals surface area contributed by atoms with Crippen LogP contribution >= 0.6 is 27.3 Å². The van der Waals surface area contributed by atoms with Gasteiger partial charge in [0.1, 0.15) is 6.54 Å². The fourth-order valence-corrected chi connectivity index (χ4v) is 3.56. The third-order valence-corrected chi connectivity index (χ3v) is 5.04. The highest BCUT2D eigenvalue weighted by molar-refractivity contribution is 9.10. The van der Waals surface area contributed by atoms with E-state index in [1.807, 2.05) is 13.1 Å². The second-order valence-electron chi connectivity index (χ2n) is 5.32. The van der Waals surface area contributed by atoms with E-state index in [0.717, 1.165) is 11.4 Å². The van der Waals surface area contributed by atoms with Gasteiger partial charge in [0.25, 0.3) is 11.8 Å². The van der Waals surface area contributed by atoms with Crippen molar-refractivity contribution in [2.45, 2.75) is 13.5 Å². The summed E-state index contributed by atoms with van der Waals surface area (Å²) in [6.45, 7) is 3.14. The topological polar surface area (TPSA) is 62.6 Å². The molecule has 1 atom stereocenters. The van der Waals surface area contributed by atoms with Gasteiger partial charge in [-0.1, -0.05) is 12.1 Å². The smallest absolute Gasteiger partial charge is 0.293 e. The lowest BCUT2D eigenvalue weighted by atomic mass is 10.2. The van der Waals surface area contributed by atoms with Crippen LogP contribution in [-0.2, 0) is 11.3 Å². The van der Waals surface area contributed by atoms with Crippen molar-refractivity contribution in [1.82, 2.24) is 10.9 Å². The van der Waals surface area contributed by atoms with Gasteiger partial charge in [0.2, 0.25) is 0 Å². The van der Waals surface area contributed by atoms with Crippen LogP contribution in [0.5, 0.6) is 0 Å². The zero-order chi connectivity index (χ0) is 16.8. The SMILES string of the molecule is Cc1ccsc1C[NH+](C)CC(=O)NNC(=O)c1ccccc1Br. The fourth-order valence-electron chi connectivity index (χ4n) is 2.08. The van der Waals surface area contributed by atoms with Crippen molar-refractivity contribution in [2.24, 2.45) is 0 Å². The molecule has 7 heteroatoms. The quantitative estimate of drug-likeness (QED) is 0.666. The van der Waals surface area contributed by atoms with Crippen LogP contribution in [-0.4, -0.2) is 25.4 Å². The van der Waals surface area contributed by atoms with Crippen LogP contribution in [0.4, 0.5) is 0 Å². The highest BCUT2D eigenvalue weighted by atomic mass is 79.9. The first-order valence-corrected chi connectivity index (χ1v) is 8.82. The number of amides is 2. The van der Waals surface area contributed by atoms with Gasteiger partial charge in [0.15, 0.2) is 6.54 Å². The number of hydrogen-bond acceptors (Lipinski definition) is 3. The number of hydrazine groups is 1. The fraction of sp³-hybridized carbons (Fsp3) is 0.250. The molecule has 0 radical (unpaired) electrons. The Morgan fingerprint density at radius 2 is 1.96 bits per heavy atom. The summed E-state index contributed by atoms with van der Waals surface area (Å²) in [4.78, 5) is 26.3. The molecule has 23 heavy (non-hydrogen) atoms. The molecule has 0 aliphatic heterocycles. The number of carbonyl (C=O) groups is 2. The Bertz CT molecular complexity index is 702. The van der Waals surface area contributed by atoms with Crippen molar-refractivity contribution in [3.05, 3.63) is 56.2 Å². The van der Waals surface area contributed by atoms with Crippen LogP contribution in [0.15, 0.2) is 40.2 Å². The minimum atomic E-state index is -0.349. The molecular weight excluding hydrogens is 378 g/mol. The molecule has 0 bridgehead atoms. The predicted molar refractivity (Wildman–Crippen MR) is 94.3 cm³/mol. The lowest BCUT2D eigenvalue weighted by molar-refractivity contribution is -0.885. The highest BCUT2D eigenvalue weighted by Crippen LogP contribution is 2.15. The van der Waals surface area contributed by atoms with Gasteiger partial charge < -0.3 is 4.90 Å². The summed E-state index contributed by atoms with van der Waals surface area (Å²) in [5, 5.41) is 2.05. The largest absolute Gasteiger partial charge is 0.325 e. The average Bonchev–Trinajstić information content (AvgIpc) is 2.90. The Hall–Kier alpha value is -1.70. The summed E-state index contributed by atoms with van der Waals surface area (Å²) in [5.41, 5.74) is 6.61. The number of hydrogen-bond donors (Lipinski definition) is 3. The summed E-state index contributed by atoms with van der Waals surface area (Å²) in [5.74, 6) is -0.574. The van der Waals surface area contributed by atoms with Crippen LogP contribution in [0, 0.1) is 6.92 Å². The van der Waals surface area contributed by atoms with E-state index in [1.165, 1.54) is 10.4 Å². The maximum atomic E-state index is 12.0. The molecule has 0 aliphatic carbocycles. The summed E-state index contributed by atoms with van der Waals surface area (Å²) < 4.78 is 0.683. The van der Waals surface area contributed by atoms with E-state index in [2.05, 4.69) is 45.2 Å². The van der Waals surface area contributed by atoms with Crippen molar-refractivity contribution >= 4 is 39.1 Å². The Balaban J connectivity index is 1.80. The van der Waals surface area contributed by atoms with Crippen LogP contribution in [0.2, 0.25) is 0 Å². The van der Waals surface area contributed by atoms with E-state index >= 15 is 0 Å². The zero-order valence-electron chi connectivity index (χ0n) is 13.0. The second-order valence-corrected chi connectivity index (χ2v) is 7.17. The number of carbonyl (C=O) groups excluding carboxylic acids is 2. The van der Waals surface area contributed by atoms with Gasteiger partial charge in [-0.3, -0.25) is 20.4 Å². The van der Waals surface area contributed by atoms with E-state index in [4.69, 9.17) is 0 Å². The van der Waals surface area contributed by atoms with Crippen LogP contribution in [0.3, 0.4) is 0 Å². The first kappa shape index (κ1) is 17.7. The monoisotopic (exact) mass is 396 g/mol. The molecule has 1 unspecified atom stereocenters. The van der Waals surface area contributed by atoms with Crippen molar-refractivity contribution in [3.8, 4) is 0 Å². The van der Waals surface area contributed by atoms with Crippen molar-refractivity contribution in [1.29, 1.82) is 0 Å². The van der Waals surface area contributed by atoms with Gasteiger partial charge in [-0.2, -0.15) is 0 Å². The summed E-state index contributed by atoms with van der Waals surface area (Å²) in [7, 11) is 1.95. The number of thiophene rings is 1. The Labute approximate surface area is 147 Å². The molecule has 1 aromatic heterocycles. The first-order chi connectivity index (χ1) is 11.0. The molecule has 0 saturated carbocycles. The van der Waals surface area contributed by atoms with Crippen LogP contribution in [0.1, 0.15) is 20.8 Å². The zero-order valence-corrected chi connectivity index (χ0v) is 15.4. The van der Waals surface area contributed by atoms with E-state index in [1.54, 1.807) is 29.5 Å². The Kier molecular flexibility index (Phi) is 6.32. The van der Waals surface area contributed by atoms with Gasteiger partial charge in [0.05, 0.1) is 17.5 Å². The molecule has 5 nitrogen and oxygen atoms in total. The van der Waals surface area contributed by atoms with E-state index < -0.39 is 0 Å².